The van der Waals surface area contributed by atoms with Gasteiger partial charge in [0, 0.05) is 6.54 Å². The van der Waals surface area contributed by atoms with Crippen molar-refractivity contribution in [2.45, 2.75) is 6.92 Å². The fourth-order valence-electron chi connectivity index (χ4n) is 1.06. The van der Waals surface area contributed by atoms with Gasteiger partial charge in [0.1, 0.15) is 5.75 Å². The summed E-state index contributed by atoms with van der Waals surface area (Å²) in [5.74, 6) is -1.46. The number of nitrogens with one attached hydrogen (secondary N) is 2. The van der Waals surface area contributed by atoms with Gasteiger partial charge in [0.2, 0.25) is 0 Å². The van der Waals surface area contributed by atoms with Crippen molar-refractivity contribution < 1.29 is 14.7 Å². The Bertz CT molecular complexity index is 443. The van der Waals surface area contributed by atoms with Crippen LogP contribution in [0.5, 0.6) is 5.75 Å². The number of carbonyl (C=O) groups is 2. The van der Waals surface area contributed by atoms with Gasteiger partial charge >= 0.3 is 11.8 Å². The lowest BCUT2D eigenvalue weighted by molar-refractivity contribution is -0.139. The zero-order valence-electron chi connectivity index (χ0n) is 9.30. The van der Waals surface area contributed by atoms with E-state index in [2.05, 4.69) is 15.8 Å². The van der Waals surface area contributed by atoms with Gasteiger partial charge in [0.25, 0.3) is 0 Å². The molecule has 0 bridgehead atoms. The third-order valence-corrected chi connectivity index (χ3v) is 1.79. The number of hydrogen-bond donors (Lipinski definition) is 3. The Kier molecular flexibility index (Phi) is 4.68. The highest BCUT2D eigenvalue weighted by Gasteiger charge is 2.09. The van der Waals surface area contributed by atoms with Crippen molar-refractivity contribution in [3.63, 3.8) is 0 Å². The topological polar surface area (TPSA) is 90.8 Å². The quantitative estimate of drug-likeness (QED) is 0.390. The average Bonchev–Trinajstić information content (AvgIpc) is 2.29. The number of rotatable bonds is 3. The normalized spacial score (nSPS) is 10.2. The van der Waals surface area contributed by atoms with Crippen LogP contribution >= 0.6 is 0 Å². The molecule has 0 aliphatic carbocycles. The van der Waals surface area contributed by atoms with E-state index in [0.717, 1.165) is 0 Å². The molecule has 0 aromatic heterocycles. The number of hydrazone groups is 1. The van der Waals surface area contributed by atoms with E-state index >= 15 is 0 Å². The van der Waals surface area contributed by atoms with Gasteiger partial charge in [-0.25, -0.2) is 5.43 Å². The first-order valence-electron chi connectivity index (χ1n) is 5.03. The number of hydrogen-bond acceptors (Lipinski definition) is 4. The van der Waals surface area contributed by atoms with Gasteiger partial charge < -0.3 is 10.4 Å². The van der Waals surface area contributed by atoms with E-state index in [4.69, 9.17) is 5.11 Å². The van der Waals surface area contributed by atoms with E-state index in [1.165, 1.54) is 18.3 Å². The van der Waals surface area contributed by atoms with Gasteiger partial charge in [-0.05, 0) is 24.6 Å². The van der Waals surface area contributed by atoms with Crippen molar-refractivity contribution in [2.24, 2.45) is 5.10 Å². The van der Waals surface area contributed by atoms with Crippen molar-refractivity contribution >= 4 is 18.0 Å². The highest BCUT2D eigenvalue weighted by Crippen LogP contribution is 2.08. The van der Waals surface area contributed by atoms with Gasteiger partial charge in [0.15, 0.2) is 0 Å². The SMILES string of the molecule is CCNC(=O)C(=O)N/N=C\c1cccc(O)c1. The predicted molar refractivity (Wildman–Crippen MR) is 62.5 cm³/mol. The Morgan fingerprint density at radius 2 is 2.18 bits per heavy atom. The summed E-state index contributed by atoms with van der Waals surface area (Å²) in [6.45, 7) is 2.09. The summed E-state index contributed by atoms with van der Waals surface area (Å²) in [5.41, 5.74) is 2.68. The predicted octanol–water partition coefficient (Wildman–Crippen LogP) is -0.0216. The van der Waals surface area contributed by atoms with E-state index in [1.807, 2.05) is 0 Å². The molecular weight excluding hydrogens is 222 g/mol. The summed E-state index contributed by atoms with van der Waals surface area (Å²) in [7, 11) is 0. The van der Waals surface area contributed by atoms with Crippen LogP contribution in [0.25, 0.3) is 0 Å². The zero-order valence-corrected chi connectivity index (χ0v) is 9.30. The molecule has 0 spiro atoms. The Morgan fingerprint density at radius 3 is 2.82 bits per heavy atom. The van der Waals surface area contributed by atoms with Crippen LogP contribution in [-0.2, 0) is 9.59 Å². The second-order valence-corrected chi connectivity index (χ2v) is 3.15. The molecule has 0 saturated carbocycles. The monoisotopic (exact) mass is 235 g/mol. The first-order chi connectivity index (χ1) is 8.13. The molecule has 0 heterocycles. The van der Waals surface area contributed by atoms with E-state index in [9.17, 15) is 9.59 Å². The second-order valence-electron chi connectivity index (χ2n) is 3.15. The number of carbonyl (C=O) groups excluding carboxylic acids is 2. The van der Waals surface area contributed by atoms with E-state index in [1.54, 1.807) is 19.1 Å². The Balaban J connectivity index is 2.50. The molecule has 90 valence electrons. The molecule has 0 fully saturated rings. The van der Waals surface area contributed by atoms with Crippen LogP contribution in [0.2, 0.25) is 0 Å². The Morgan fingerprint density at radius 1 is 1.41 bits per heavy atom. The van der Waals surface area contributed by atoms with Gasteiger partial charge in [-0.1, -0.05) is 12.1 Å². The van der Waals surface area contributed by atoms with E-state index in [0.29, 0.717) is 12.1 Å². The number of benzene rings is 1. The fraction of sp³-hybridized carbons (Fsp3) is 0.182. The molecule has 1 aromatic carbocycles. The Labute approximate surface area is 98.3 Å². The summed E-state index contributed by atoms with van der Waals surface area (Å²) < 4.78 is 0. The van der Waals surface area contributed by atoms with Crippen molar-refractivity contribution in [1.82, 2.24) is 10.7 Å². The first kappa shape index (κ1) is 12.7. The summed E-state index contributed by atoms with van der Waals surface area (Å²) >= 11 is 0. The molecule has 0 aliphatic rings. The van der Waals surface area contributed by atoms with Gasteiger partial charge in [0.05, 0.1) is 6.21 Å². The molecule has 0 atom stereocenters. The maximum absolute atomic E-state index is 11.1. The number of nitrogens with zero attached hydrogens (tertiary/aromatic N) is 1. The maximum Gasteiger partial charge on any atom is 0.329 e. The molecule has 6 nitrogen and oxygen atoms in total. The maximum atomic E-state index is 11.1. The standard InChI is InChI=1S/C11H13N3O3/c1-2-12-10(16)11(17)14-13-7-8-4-3-5-9(15)6-8/h3-7,15H,2H2,1H3,(H,12,16)(H,14,17)/b13-7-. The smallest absolute Gasteiger partial charge is 0.329 e. The minimum Gasteiger partial charge on any atom is -0.508 e. The highest BCUT2D eigenvalue weighted by atomic mass is 16.3. The van der Waals surface area contributed by atoms with Crippen LogP contribution in [0, 0.1) is 0 Å². The summed E-state index contributed by atoms with van der Waals surface area (Å²) in [6.07, 6.45) is 1.33. The molecule has 17 heavy (non-hydrogen) atoms. The van der Waals surface area contributed by atoms with Crippen LogP contribution in [0.3, 0.4) is 0 Å². The zero-order chi connectivity index (χ0) is 12.7. The largest absolute Gasteiger partial charge is 0.508 e. The van der Waals surface area contributed by atoms with E-state index in [-0.39, 0.29) is 5.75 Å². The van der Waals surface area contributed by atoms with Crippen molar-refractivity contribution in [1.29, 1.82) is 0 Å². The molecule has 1 rings (SSSR count). The lowest BCUT2D eigenvalue weighted by Crippen LogP contribution is -2.37. The van der Waals surface area contributed by atoms with Crippen molar-refractivity contribution in [3.05, 3.63) is 29.8 Å². The van der Waals surface area contributed by atoms with Gasteiger partial charge in [-0.15, -0.1) is 0 Å². The van der Waals surface area contributed by atoms with Crippen molar-refractivity contribution in [3.8, 4) is 5.75 Å². The molecule has 1 aromatic rings. The molecule has 0 unspecified atom stereocenters. The molecule has 0 saturated heterocycles. The minimum atomic E-state index is -0.830. The molecule has 0 aliphatic heterocycles. The number of likely N-dealkylation sites (N-methyl/N-ethyl adjacent to an activating group) is 1. The van der Waals surface area contributed by atoms with Crippen molar-refractivity contribution in [2.75, 3.05) is 6.54 Å². The summed E-state index contributed by atoms with van der Waals surface area (Å²) in [6, 6.07) is 6.33. The highest BCUT2D eigenvalue weighted by molar-refractivity contribution is 6.35. The molecule has 2 amide bonds. The molecular formula is C11H13N3O3. The number of phenols is 1. The third kappa shape index (κ3) is 4.33. The van der Waals surface area contributed by atoms with Gasteiger partial charge in [-0.2, -0.15) is 5.10 Å². The average molecular weight is 235 g/mol. The Hall–Kier alpha value is -2.37. The molecule has 0 radical (unpaired) electrons. The third-order valence-electron chi connectivity index (χ3n) is 1.79. The van der Waals surface area contributed by atoms with Crippen LogP contribution in [-0.4, -0.2) is 29.7 Å². The molecule has 6 heteroatoms. The molecule has 3 N–H and O–H groups in total. The number of amides is 2. The van der Waals surface area contributed by atoms with Crippen LogP contribution in [0.15, 0.2) is 29.4 Å². The summed E-state index contributed by atoms with van der Waals surface area (Å²) in [5, 5.41) is 15.1. The van der Waals surface area contributed by atoms with Crippen LogP contribution in [0.1, 0.15) is 12.5 Å². The lowest BCUT2D eigenvalue weighted by atomic mass is 10.2. The summed E-state index contributed by atoms with van der Waals surface area (Å²) in [4.78, 5) is 22.1. The van der Waals surface area contributed by atoms with Crippen LogP contribution < -0.4 is 10.7 Å². The van der Waals surface area contributed by atoms with E-state index < -0.39 is 11.8 Å². The fourth-order valence-corrected chi connectivity index (χ4v) is 1.06. The van der Waals surface area contributed by atoms with Crippen LogP contribution in [0.4, 0.5) is 0 Å². The number of aromatic hydroxyl groups is 1. The lowest BCUT2D eigenvalue weighted by Gasteiger charge is -1.99. The number of phenolic OH excluding ortho intramolecular Hbond substituents is 1. The van der Waals surface area contributed by atoms with Gasteiger partial charge in [-0.3, -0.25) is 9.59 Å². The first-order valence-corrected chi connectivity index (χ1v) is 5.03. The second kappa shape index (κ2) is 6.26. The minimum absolute atomic E-state index is 0.101.